The van der Waals surface area contributed by atoms with E-state index in [1.165, 1.54) is 44.5 Å². The summed E-state index contributed by atoms with van der Waals surface area (Å²) in [5, 5.41) is 3.89. The number of nitrogens with zero attached hydrogens (tertiary/aromatic N) is 1. The predicted molar refractivity (Wildman–Crippen MR) is 85.0 cm³/mol. The summed E-state index contributed by atoms with van der Waals surface area (Å²) >= 11 is 0. The molecule has 20 heavy (non-hydrogen) atoms. The zero-order valence-electron chi connectivity index (χ0n) is 12.9. The molecule has 2 nitrogen and oxygen atoms in total. The highest BCUT2D eigenvalue weighted by atomic mass is 15.1. The van der Waals surface area contributed by atoms with E-state index in [1.807, 2.05) is 0 Å². The standard InChI is InChI=1S/C18H28N2/c1-14(2)13-20-10-8-16(9-11-20)19-18-12-17(18)15-6-4-3-5-7-15/h3-7,14,16-19H,8-13H2,1-2H3. The second-order valence-corrected chi connectivity index (χ2v) is 6.99. The monoisotopic (exact) mass is 272 g/mol. The van der Waals surface area contributed by atoms with Crippen LogP contribution in [0.4, 0.5) is 0 Å². The molecule has 2 heteroatoms. The topological polar surface area (TPSA) is 15.3 Å². The van der Waals surface area contributed by atoms with Crippen LogP contribution >= 0.6 is 0 Å². The predicted octanol–water partition coefficient (Wildman–Crippen LogP) is 3.25. The van der Waals surface area contributed by atoms with Crippen LogP contribution in [0.25, 0.3) is 0 Å². The van der Waals surface area contributed by atoms with Gasteiger partial charge in [-0.25, -0.2) is 0 Å². The Morgan fingerprint density at radius 1 is 1.15 bits per heavy atom. The highest BCUT2D eigenvalue weighted by molar-refractivity contribution is 5.27. The summed E-state index contributed by atoms with van der Waals surface area (Å²) in [6, 6.07) is 12.5. The van der Waals surface area contributed by atoms with Crippen molar-refractivity contribution in [2.24, 2.45) is 5.92 Å². The third kappa shape index (κ3) is 3.62. The Hall–Kier alpha value is -0.860. The summed E-state index contributed by atoms with van der Waals surface area (Å²) in [6.07, 6.45) is 3.98. The third-order valence-electron chi connectivity index (χ3n) is 4.68. The molecule has 3 rings (SSSR count). The van der Waals surface area contributed by atoms with E-state index in [1.54, 1.807) is 0 Å². The SMILES string of the molecule is CC(C)CN1CCC(NC2CC2c2ccccc2)CC1. The molecule has 0 amide bonds. The van der Waals surface area contributed by atoms with Crippen LogP contribution in [0.15, 0.2) is 30.3 Å². The third-order valence-corrected chi connectivity index (χ3v) is 4.68. The van der Waals surface area contributed by atoms with Crippen LogP contribution in [0.1, 0.15) is 44.6 Å². The van der Waals surface area contributed by atoms with Gasteiger partial charge in [-0.05, 0) is 43.8 Å². The van der Waals surface area contributed by atoms with Gasteiger partial charge in [0.1, 0.15) is 0 Å². The minimum Gasteiger partial charge on any atom is -0.311 e. The van der Waals surface area contributed by atoms with Gasteiger partial charge in [0, 0.05) is 24.5 Å². The molecule has 1 aliphatic carbocycles. The van der Waals surface area contributed by atoms with Crippen LogP contribution in [0, 0.1) is 5.92 Å². The average Bonchev–Trinajstić information content (AvgIpc) is 3.21. The van der Waals surface area contributed by atoms with Crippen molar-refractivity contribution in [2.75, 3.05) is 19.6 Å². The molecule has 110 valence electrons. The summed E-state index contributed by atoms with van der Waals surface area (Å²) < 4.78 is 0. The van der Waals surface area contributed by atoms with Crippen LogP contribution < -0.4 is 5.32 Å². The first-order chi connectivity index (χ1) is 9.72. The van der Waals surface area contributed by atoms with Gasteiger partial charge >= 0.3 is 0 Å². The summed E-state index contributed by atoms with van der Waals surface area (Å²) in [5.41, 5.74) is 1.52. The molecule has 0 radical (unpaired) electrons. The van der Waals surface area contributed by atoms with Gasteiger partial charge in [0.2, 0.25) is 0 Å². The lowest BCUT2D eigenvalue weighted by atomic mass is 10.0. The Balaban J connectivity index is 1.41. The summed E-state index contributed by atoms with van der Waals surface area (Å²) in [6.45, 7) is 8.46. The highest BCUT2D eigenvalue weighted by Gasteiger charge is 2.39. The highest BCUT2D eigenvalue weighted by Crippen LogP contribution is 2.41. The first kappa shape index (κ1) is 14.1. The van der Waals surface area contributed by atoms with E-state index in [0.29, 0.717) is 0 Å². The molecule has 2 fully saturated rings. The number of nitrogens with one attached hydrogen (secondary N) is 1. The molecule has 1 aromatic carbocycles. The van der Waals surface area contributed by atoms with E-state index in [2.05, 4.69) is 54.4 Å². The van der Waals surface area contributed by atoms with Crippen molar-refractivity contribution in [1.82, 2.24) is 10.2 Å². The molecule has 1 heterocycles. The van der Waals surface area contributed by atoms with Crippen molar-refractivity contribution >= 4 is 0 Å². The molecule has 0 bridgehead atoms. The van der Waals surface area contributed by atoms with Crippen LogP contribution in [0.5, 0.6) is 0 Å². The van der Waals surface area contributed by atoms with Gasteiger partial charge < -0.3 is 10.2 Å². The molecular formula is C18H28N2. The number of benzene rings is 1. The maximum Gasteiger partial charge on any atom is 0.0145 e. The van der Waals surface area contributed by atoms with Gasteiger partial charge in [0.15, 0.2) is 0 Å². The Morgan fingerprint density at radius 3 is 2.50 bits per heavy atom. The number of likely N-dealkylation sites (tertiary alicyclic amines) is 1. The molecule has 2 aliphatic rings. The molecule has 2 atom stereocenters. The first-order valence-corrected chi connectivity index (χ1v) is 8.25. The van der Waals surface area contributed by atoms with Crippen LogP contribution in [0.2, 0.25) is 0 Å². The minimum atomic E-state index is 0.735. The molecule has 1 saturated carbocycles. The van der Waals surface area contributed by atoms with E-state index in [0.717, 1.165) is 23.9 Å². The minimum absolute atomic E-state index is 0.735. The zero-order valence-corrected chi connectivity index (χ0v) is 12.9. The molecule has 1 N–H and O–H groups in total. The first-order valence-electron chi connectivity index (χ1n) is 8.25. The van der Waals surface area contributed by atoms with Crippen LogP contribution in [-0.4, -0.2) is 36.6 Å². The van der Waals surface area contributed by atoms with Crippen molar-refractivity contribution in [3.05, 3.63) is 35.9 Å². The second kappa shape index (κ2) is 6.28. The second-order valence-electron chi connectivity index (χ2n) is 6.99. The van der Waals surface area contributed by atoms with Crippen molar-refractivity contribution < 1.29 is 0 Å². The summed E-state index contributed by atoms with van der Waals surface area (Å²) in [4.78, 5) is 2.63. The van der Waals surface area contributed by atoms with E-state index in [-0.39, 0.29) is 0 Å². The summed E-state index contributed by atoms with van der Waals surface area (Å²) in [7, 11) is 0. The summed E-state index contributed by atoms with van der Waals surface area (Å²) in [5.74, 6) is 1.57. The fourth-order valence-electron chi connectivity index (χ4n) is 3.55. The van der Waals surface area contributed by atoms with E-state index >= 15 is 0 Å². The van der Waals surface area contributed by atoms with E-state index in [4.69, 9.17) is 0 Å². The molecule has 0 spiro atoms. The van der Waals surface area contributed by atoms with Gasteiger partial charge in [0.25, 0.3) is 0 Å². The Kier molecular flexibility index (Phi) is 4.42. The van der Waals surface area contributed by atoms with Crippen molar-refractivity contribution in [3.8, 4) is 0 Å². The normalized spacial score (nSPS) is 27.9. The fourth-order valence-corrected chi connectivity index (χ4v) is 3.55. The van der Waals surface area contributed by atoms with Gasteiger partial charge in [-0.15, -0.1) is 0 Å². The molecular weight excluding hydrogens is 244 g/mol. The fraction of sp³-hybridized carbons (Fsp3) is 0.667. The number of rotatable bonds is 5. The zero-order chi connectivity index (χ0) is 13.9. The lowest BCUT2D eigenvalue weighted by Gasteiger charge is -2.33. The Bertz CT molecular complexity index is 407. The van der Waals surface area contributed by atoms with E-state index in [9.17, 15) is 0 Å². The van der Waals surface area contributed by atoms with Crippen molar-refractivity contribution in [1.29, 1.82) is 0 Å². The van der Waals surface area contributed by atoms with Gasteiger partial charge in [0.05, 0.1) is 0 Å². The van der Waals surface area contributed by atoms with Crippen molar-refractivity contribution in [2.45, 2.75) is 51.1 Å². The maximum atomic E-state index is 3.89. The van der Waals surface area contributed by atoms with Gasteiger partial charge in [-0.1, -0.05) is 44.2 Å². The molecule has 0 aromatic heterocycles. The van der Waals surface area contributed by atoms with E-state index < -0.39 is 0 Å². The number of piperidine rings is 1. The molecule has 1 aliphatic heterocycles. The maximum absolute atomic E-state index is 3.89. The quantitative estimate of drug-likeness (QED) is 0.885. The number of hydrogen-bond acceptors (Lipinski definition) is 2. The van der Waals surface area contributed by atoms with Crippen molar-refractivity contribution in [3.63, 3.8) is 0 Å². The largest absolute Gasteiger partial charge is 0.311 e. The lowest BCUT2D eigenvalue weighted by Crippen LogP contribution is -2.44. The Labute approximate surface area is 123 Å². The Morgan fingerprint density at radius 2 is 1.85 bits per heavy atom. The molecule has 1 saturated heterocycles. The lowest BCUT2D eigenvalue weighted by molar-refractivity contribution is 0.179. The van der Waals surface area contributed by atoms with Crippen LogP contribution in [-0.2, 0) is 0 Å². The van der Waals surface area contributed by atoms with Gasteiger partial charge in [-0.2, -0.15) is 0 Å². The molecule has 1 aromatic rings. The van der Waals surface area contributed by atoms with Crippen LogP contribution in [0.3, 0.4) is 0 Å². The molecule has 2 unspecified atom stereocenters. The smallest absolute Gasteiger partial charge is 0.0145 e. The number of hydrogen-bond donors (Lipinski definition) is 1. The van der Waals surface area contributed by atoms with Gasteiger partial charge in [-0.3, -0.25) is 0 Å². The average molecular weight is 272 g/mol.